The van der Waals surface area contributed by atoms with Crippen molar-refractivity contribution in [3.63, 3.8) is 0 Å². The summed E-state index contributed by atoms with van der Waals surface area (Å²) in [5.41, 5.74) is 0.583. The molecule has 13 heteroatoms. The number of carbonyl (C=O) groups excluding carboxylic acids is 3. The Bertz CT molecular complexity index is 1200. The third-order valence-corrected chi connectivity index (χ3v) is 5.17. The molecule has 1 fully saturated rings. The van der Waals surface area contributed by atoms with Crippen LogP contribution in [0.25, 0.3) is 5.95 Å². The van der Waals surface area contributed by atoms with Crippen molar-refractivity contribution in [2.45, 2.75) is 19.8 Å². The van der Waals surface area contributed by atoms with Gasteiger partial charge < -0.3 is 5.21 Å². The SMILES string of the molecule is Cc1c(C)[n+]([O-])c([C@H](c2ccc(F)c(F)c2)C2C(=O)NC(=O)NC2=O)n1-c1ncn[nH]1. The molecule has 2 aromatic heterocycles. The van der Waals surface area contributed by atoms with Gasteiger partial charge in [-0.2, -0.15) is 14.6 Å². The van der Waals surface area contributed by atoms with E-state index in [1.807, 2.05) is 10.6 Å². The van der Waals surface area contributed by atoms with Crippen LogP contribution < -0.4 is 15.4 Å². The number of imidazole rings is 1. The summed E-state index contributed by atoms with van der Waals surface area (Å²) >= 11 is 0. The Balaban J connectivity index is 2.02. The maximum atomic E-state index is 14.1. The van der Waals surface area contributed by atoms with Gasteiger partial charge in [0.15, 0.2) is 17.3 Å². The Morgan fingerprint density at radius 3 is 2.39 bits per heavy atom. The number of barbiturate groups is 1. The van der Waals surface area contributed by atoms with E-state index in [-0.39, 0.29) is 23.0 Å². The molecule has 3 heterocycles. The number of halogens is 2. The minimum absolute atomic E-state index is 0.0357. The zero-order valence-corrected chi connectivity index (χ0v) is 16.1. The first kappa shape index (κ1) is 20.1. The average molecular weight is 431 g/mol. The third-order valence-electron chi connectivity index (χ3n) is 5.17. The maximum absolute atomic E-state index is 14.1. The number of rotatable bonds is 4. The summed E-state index contributed by atoms with van der Waals surface area (Å²) in [6, 6.07) is 1.74. The first-order valence-corrected chi connectivity index (χ1v) is 8.98. The number of carbonyl (C=O) groups is 3. The van der Waals surface area contributed by atoms with Crippen molar-refractivity contribution in [3.8, 4) is 5.95 Å². The van der Waals surface area contributed by atoms with Gasteiger partial charge in [0.1, 0.15) is 23.9 Å². The number of H-pyrrole nitrogens is 1. The topological polar surface area (TPSA) is 149 Å². The molecule has 3 N–H and O–H groups in total. The molecule has 3 aromatic rings. The van der Waals surface area contributed by atoms with Gasteiger partial charge in [-0.1, -0.05) is 6.07 Å². The van der Waals surface area contributed by atoms with Crippen LogP contribution in [0.5, 0.6) is 0 Å². The first-order valence-electron chi connectivity index (χ1n) is 8.98. The zero-order valence-electron chi connectivity index (χ0n) is 16.1. The van der Waals surface area contributed by atoms with Crippen molar-refractivity contribution < 1.29 is 27.9 Å². The molecule has 1 saturated heterocycles. The predicted molar refractivity (Wildman–Crippen MR) is 97.5 cm³/mol. The second-order valence-corrected chi connectivity index (χ2v) is 6.90. The molecule has 160 valence electrons. The van der Waals surface area contributed by atoms with Crippen molar-refractivity contribution >= 4 is 17.8 Å². The minimum atomic E-state index is -1.64. The van der Waals surface area contributed by atoms with E-state index in [1.54, 1.807) is 6.92 Å². The van der Waals surface area contributed by atoms with E-state index in [1.165, 1.54) is 17.8 Å². The maximum Gasteiger partial charge on any atom is 0.328 e. The Morgan fingerprint density at radius 2 is 1.81 bits per heavy atom. The number of nitrogens with zero attached hydrogens (tertiary/aromatic N) is 4. The van der Waals surface area contributed by atoms with Crippen LogP contribution in [0.3, 0.4) is 0 Å². The Morgan fingerprint density at radius 1 is 1.13 bits per heavy atom. The summed E-state index contributed by atoms with van der Waals surface area (Å²) in [6.45, 7) is 3.11. The molecule has 0 bridgehead atoms. The molecule has 1 aliphatic heterocycles. The average Bonchev–Trinajstić information content (AvgIpc) is 3.30. The lowest BCUT2D eigenvalue weighted by Crippen LogP contribution is -2.58. The summed E-state index contributed by atoms with van der Waals surface area (Å²) < 4.78 is 29.5. The summed E-state index contributed by atoms with van der Waals surface area (Å²) in [6.07, 6.45) is 1.19. The molecule has 11 nitrogen and oxygen atoms in total. The summed E-state index contributed by atoms with van der Waals surface area (Å²) in [7, 11) is 0. The first-order chi connectivity index (χ1) is 14.7. The molecular formula is C18H15F2N7O4. The van der Waals surface area contributed by atoms with Crippen molar-refractivity contribution in [1.29, 1.82) is 0 Å². The largest absolute Gasteiger partial charge is 0.711 e. The van der Waals surface area contributed by atoms with Crippen molar-refractivity contribution in [1.82, 2.24) is 30.4 Å². The van der Waals surface area contributed by atoms with Gasteiger partial charge in [0, 0.05) is 13.8 Å². The van der Waals surface area contributed by atoms with E-state index in [0.29, 0.717) is 10.4 Å². The van der Waals surface area contributed by atoms with Gasteiger partial charge in [0.2, 0.25) is 11.8 Å². The Labute approximate surface area is 172 Å². The van der Waals surface area contributed by atoms with E-state index in [0.717, 1.165) is 18.2 Å². The summed E-state index contributed by atoms with van der Waals surface area (Å²) in [4.78, 5) is 40.8. The highest BCUT2D eigenvalue weighted by Crippen LogP contribution is 2.35. The van der Waals surface area contributed by atoms with Crippen LogP contribution >= 0.6 is 0 Å². The molecule has 31 heavy (non-hydrogen) atoms. The molecule has 1 atom stereocenters. The van der Waals surface area contributed by atoms with Gasteiger partial charge >= 0.3 is 12.0 Å². The van der Waals surface area contributed by atoms with E-state index < -0.39 is 41.3 Å². The van der Waals surface area contributed by atoms with E-state index in [2.05, 4.69) is 15.2 Å². The number of benzene rings is 1. The number of urea groups is 1. The molecule has 4 amide bonds. The molecule has 1 aliphatic rings. The van der Waals surface area contributed by atoms with Gasteiger partial charge in [-0.15, -0.1) is 0 Å². The van der Waals surface area contributed by atoms with Gasteiger partial charge in [-0.05, 0) is 17.7 Å². The van der Waals surface area contributed by atoms with Crippen LogP contribution in [0, 0.1) is 36.6 Å². The monoisotopic (exact) mass is 431 g/mol. The number of amides is 4. The number of hydrogen-bond acceptors (Lipinski definition) is 6. The predicted octanol–water partition coefficient (Wildman–Crippen LogP) is 0.238. The fourth-order valence-electron chi connectivity index (χ4n) is 3.61. The van der Waals surface area contributed by atoms with Crippen LogP contribution in [0.2, 0.25) is 0 Å². The van der Waals surface area contributed by atoms with E-state index in [9.17, 15) is 28.4 Å². The number of aromatic amines is 1. The molecule has 0 unspecified atom stereocenters. The van der Waals surface area contributed by atoms with Crippen molar-refractivity contribution in [2.75, 3.05) is 0 Å². The summed E-state index contributed by atoms with van der Waals surface area (Å²) in [5.74, 6) is -7.50. The molecule has 0 saturated carbocycles. The molecule has 0 radical (unpaired) electrons. The molecule has 0 aliphatic carbocycles. The van der Waals surface area contributed by atoms with Crippen LogP contribution in [-0.2, 0) is 9.59 Å². The third kappa shape index (κ3) is 3.19. The molecular weight excluding hydrogens is 416 g/mol. The highest BCUT2D eigenvalue weighted by molar-refractivity contribution is 6.16. The Kier molecular flexibility index (Phi) is 4.72. The standard InChI is InChI=1S/C18H15F2N7O4/c1-7-8(2)27(31)16(26(7)17-21-6-22-25-17)12(9-3-4-10(19)11(20)5-9)13-14(28)23-18(30)24-15(13)29/h3-6,12-13H,1-2H3,(H,21,22,25)(H2,23,24,28,29,30)/t12-/m1/s1. The second kappa shape index (κ2) is 7.27. The molecule has 4 rings (SSSR count). The number of aromatic nitrogens is 5. The quantitative estimate of drug-likeness (QED) is 0.306. The fourth-order valence-corrected chi connectivity index (χ4v) is 3.61. The van der Waals surface area contributed by atoms with Crippen LogP contribution in [0.1, 0.15) is 28.7 Å². The lowest BCUT2D eigenvalue weighted by atomic mass is 9.83. The van der Waals surface area contributed by atoms with Gasteiger partial charge in [0.25, 0.3) is 5.82 Å². The van der Waals surface area contributed by atoms with E-state index >= 15 is 0 Å². The minimum Gasteiger partial charge on any atom is -0.711 e. The van der Waals surface area contributed by atoms with E-state index in [4.69, 9.17) is 0 Å². The zero-order chi connectivity index (χ0) is 22.4. The van der Waals surface area contributed by atoms with Gasteiger partial charge in [0.05, 0.1) is 0 Å². The van der Waals surface area contributed by atoms with Crippen molar-refractivity contribution in [3.05, 3.63) is 64.1 Å². The van der Waals surface area contributed by atoms with Crippen LogP contribution in [-0.4, -0.2) is 37.6 Å². The highest BCUT2D eigenvalue weighted by atomic mass is 19.2. The lowest BCUT2D eigenvalue weighted by Gasteiger charge is -2.27. The van der Waals surface area contributed by atoms with Crippen molar-refractivity contribution in [2.24, 2.45) is 5.92 Å². The van der Waals surface area contributed by atoms with Crippen LogP contribution in [0.15, 0.2) is 24.5 Å². The smallest absolute Gasteiger partial charge is 0.328 e. The number of hydrogen-bond donors (Lipinski definition) is 3. The number of imide groups is 2. The second-order valence-electron chi connectivity index (χ2n) is 6.90. The fraction of sp³-hybridized carbons (Fsp3) is 0.222. The van der Waals surface area contributed by atoms with Gasteiger partial charge in [-0.3, -0.25) is 20.2 Å². The highest BCUT2D eigenvalue weighted by Gasteiger charge is 2.48. The van der Waals surface area contributed by atoms with Gasteiger partial charge in [-0.25, -0.2) is 23.4 Å². The number of nitrogens with one attached hydrogen (secondary N) is 3. The molecule has 1 aromatic carbocycles. The lowest BCUT2D eigenvalue weighted by molar-refractivity contribution is -0.621. The normalized spacial score (nSPS) is 15.7. The Hall–Kier alpha value is -4.16. The summed E-state index contributed by atoms with van der Waals surface area (Å²) in [5, 5.41) is 23.4. The molecule has 0 spiro atoms. The van der Waals surface area contributed by atoms with Crippen LogP contribution in [0.4, 0.5) is 13.6 Å².